The van der Waals surface area contributed by atoms with E-state index >= 15 is 0 Å². The molecule has 2 aliphatic heterocycles. The van der Waals surface area contributed by atoms with Crippen molar-refractivity contribution in [2.75, 3.05) is 76.9 Å². The minimum atomic E-state index is -0.318. The first-order valence-electron chi connectivity index (χ1n) is 33.5. The lowest BCUT2D eigenvalue weighted by Gasteiger charge is -2.23. The zero-order valence-corrected chi connectivity index (χ0v) is 61.5. The van der Waals surface area contributed by atoms with Gasteiger partial charge >= 0.3 is 0 Å². The summed E-state index contributed by atoms with van der Waals surface area (Å²) in [6.45, 7) is 17.5. The van der Waals surface area contributed by atoms with E-state index < -0.39 is 0 Å². The molecule has 4 aromatic heterocycles. The van der Waals surface area contributed by atoms with Crippen LogP contribution in [-0.4, -0.2) is 133 Å². The Morgan fingerprint density at radius 3 is 1.09 bits per heavy atom. The van der Waals surface area contributed by atoms with Crippen LogP contribution in [0.1, 0.15) is 139 Å². The molecule has 0 radical (unpaired) electrons. The number of benzene rings is 4. The van der Waals surface area contributed by atoms with Gasteiger partial charge in [0.05, 0.1) is 0 Å². The minimum absolute atomic E-state index is 0.000000000000000444. The van der Waals surface area contributed by atoms with E-state index in [4.69, 9.17) is 81.1 Å². The van der Waals surface area contributed by atoms with E-state index in [1.807, 2.05) is 6.07 Å². The van der Waals surface area contributed by atoms with Gasteiger partial charge in [-0.2, -0.15) is 59.8 Å². The molecule has 0 spiro atoms. The van der Waals surface area contributed by atoms with Crippen LogP contribution in [0.3, 0.4) is 0 Å². The summed E-state index contributed by atoms with van der Waals surface area (Å²) in [4.78, 5) is 53.0. The zero-order valence-electron chi connectivity index (χ0n) is 57.0. The quantitative estimate of drug-likeness (QED) is 0.0253. The summed E-state index contributed by atoms with van der Waals surface area (Å²) < 4.78 is 53.5. The average molecular weight is 1500 g/mol. The van der Waals surface area contributed by atoms with Gasteiger partial charge in [-0.15, -0.1) is 0 Å². The molecule has 0 amide bonds. The van der Waals surface area contributed by atoms with E-state index in [-0.39, 0.29) is 60.9 Å². The van der Waals surface area contributed by atoms with Crippen LogP contribution in [0.25, 0.3) is 0 Å². The second kappa shape index (κ2) is 41.7. The molecule has 22 nitrogen and oxygen atoms in total. The smallest absolute Gasteiger partial charge is 0.233 e. The number of anilines is 10. The van der Waals surface area contributed by atoms with Gasteiger partial charge in [-0.05, 0) is 246 Å². The van der Waals surface area contributed by atoms with Crippen molar-refractivity contribution < 1.29 is 17.6 Å². The lowest BCUT2D eigenvalue weighted by atomic mass is 10.1. The first-order chi connectivity index (χ1) is 48.0. The number of hydrogen-bond acceptors (Lipinski definition) is 22. The molecular formula is C68H88Cl6F4N22. The van der Waals surface area contributed by atoms with Crippen LogP contribution >= 0.6 is 69.6 Å². The molecule has 2 unspecified atom stereocenters. The van der Waals surface area contributed by atoms with Crippen molar-refractivity contribution in [3.63, 3.8) is 0 Å². The number of likely N-dealkylation sites (tertiary alicyclic amines) is 2. The van der Waals surface area contributed by atoms with Crippen LogP contribution in [0, 0.1) is 51.0 Å². The van der Waals surface area contributed by atoms with Crippen LogP contribution in [0.2, 0.25) is 31.7 Å². The molecule has 4 aromatic carbocycles. The molecule has 0 bridgehead atoms. The van der Waals surface area contributed by atoms with E-state index in [1.54, 1.807) is 70.2 Å². The van der Waals surface area contributed by atoms with Gasteiger partial charge in [0.15, 0.2) is 0 Å². The topological polar surface area (TPSA) is 285 Å². The van der Waals surface area contributed by atoms with Gasteiger partial charge in [-0.25, -0.2) is 17.6 Å². The maximum atomic E-state index is 14.0. The molecule has 2 atom stereocenters. The number of aryl methyl sites for hydroxylation is 4. The van der Waals surface area contributed by atoms with Crippen molar-refractivity contribution in [2.45, 2.75) is 168 Å². The number of nitrogens with zero attached hydrogens (tertiary/aromatic N) is 14. The molecule has 2 saturated carbocycles. The maximum absolute atomic E-state index is 14.0. The molecule has 6 heterocycles. The molecule has 8 aromatic rings. The van der Waals surface area contributed by atoms with E-state index in [2.05, 4.69) is 115 Å². The van der Waals surface area contributed by atoms with Crippen molar-refractivity contribution in [2.24, 2.45) is 5.73 Å². The minimum Gasteiger partial charge on any atom is -0.399 e. The van der Waals surface area contributed by atoms with Gasteiger partial charge < -0.3 is 43.4 Å². The molecule has 540 valence electrons. The fraction of sp³-hybridized carbons (Fsp3) is 0.471. The third-order valence-electron chi connectivity index (χ3n) is 16.8. The Bertz CT molecular complexity index is 3760. The van der Waals surface area contributed by atoms with Gasteiger partial charge in [-0.1, -0.05) is 89.5 Å². The van der Waals surface area contributed by atoms with Gasteiger partial charge in [0, 0.05) is 60.0 Å². The number of nitrogen functional groups attached to an aromatic ring is 1. The highest BCUT2D eigenvalue weighted by molar-refractivity contribution is 6.33. The lowest BCUT2D eigenvalue weighted by molar-refractivity contribution is 0.272. The number of nitrogens with one attached hydrogen (secondary N) is 6. The summed E-state index contributed by atoms with van der Waals surface area (Å²) in [6.07, 6.45) is 19.6. The third kappa shape index (κ3) is 28.0. The SMILES string of the molecule is CCN1CCCC1CN.CCN1CCCC1CNc1nc(Nc2ccc(C)c(F)c2)nc(NC2CCCCCC2)n1.Cc1ccc(N)cc1F.Cc1ccc(Nc2nc(Cl)nc(Cl)n2)cc1F.Cc1ccc(Nc2nc(Cl)nc(NC3CCCCCC3)n2)cc1F.Clc1nc(Cl)nc(Cl)n1. The summed E-state index contributed by atoms with van der Waals surface area (Å²) in [5.41, 5.74) is 15.4. The van der Waals surface area contributed by atoms with Gasteiger partial charge in [-0.3, -0.25) is 9.80 Å². The molecule has 4 aliphatic rings. The van der Waals surface area contributed by atoms with E-state index in [1.165, 1.54) is 114 Å². The highest BCUT2D eigenvalue weighted by atomic mass is 35.5. The average Bonchev–Trinajstić information content (AvgIpc) is 0.964. The Labute approximate surface area is 612 Å². The number of aromatic nitrogens is 12. The van der Waals surface area contributed by atoms with Crippen molar-refractivity contribution in [3.8, 4) is 0 Å². The molecule has 32 heteroatoms. The third-order valence-corrected chi connectivity index (χ3v) is 17.8. The normalized spacial score (nSPS) is 16.4. The Morgan fingerprint density at radius 2 is 0.710 bits per heavy atom. The molecular weight excluding hydrogens is 1410 g/mol. The number of rotatable bonds is 16. The zero-order chi connectivity index (χ0) is 72.1. The van der Waals surface area contributed by atoms with E-state index in [0.29, 0.717) is 98.9 Å². The Balaban J connectivity index is 0.000000182. The summed E-state index contributed by atoms with van der Waals surface area (Å²) >= 11 is 33.2. The van der Waals surface area contributed by atoms with Crippen LogP contribution in [-0.2, 0) is 0 Å². The van der Waals surface area contributed by atoms with Crippen LogP contribution < -0.4 is 43.4 Å². The number of halogens is 10. The molecule has 100 heavy (non-hydrogen) atoms. The van der Waals surface area contributed by atoms with Crippen molar-refractivity contribution in [3.05, 3.63) is 150 Å². The Kier molecular flexibility index (Phi) is 33.4. The standard InChI is InChI=1S/C24H36FN7.C17H21ClFN5.C10H7Cl2FN4.C7H8FN.C7H16N2.C3Cl3N3/c1-3-32-14-8-11-20(32)16-26-22-29-23(27-18-9-6-4-5-7-10-18)31-24(30-22)28-19-13-12-17(2)21(25)15-19;1-11-8-9-13(10-14(11)19)21-17-23-15(18)22-16(24-17)20-12-6-4-2-3-5-7-12;1-5-2-3-6(4-7(5)13)14-10-16-8(11)15-9(12)17-10;1-5-2-3-6(9)4-7(5)8;1-2-9-5-3-4-7(9)6-8;4-1-7-2(5)9-3(6)8-1/h12-13,15,18,20H,3-11,14,16H2,1-2H3,(H3,26,27,28,29,30,31);8-10,12H,2-7H2,1H3,(H2,20,21,22,23,24);2-4H,1H3,(H,14,15,16,17);2-4H,9H2,1H3;7H,2-6,8H2,1H3;. The molecule has 2 saturated heterocycles. The summed E-state index contributed by atoms with van der Waals surface area (Å²) in [7, 11) is 0. The number of nitrogens with two attached hydrogens (primary N) is 2. The monoisotopic (exact) mass is 1500 g/mol. The first kappa shape index (κ1) is 80.2. The lowest BCUT2D eigenvalue weighted by Crippen LogP contribution is -2.35. The predicted molar refractivity (Wildman–Crippen MR) is 396 cm³/mol. The van der Waals surface area contributed by atoms with Gasteiger partial charge in [0.25, 0.3) is 0 Å². The highest BCUT2D eigenvalue weighted by Crippen LogP contribution is 2.27. The Morgan fingerprint density at radius 1 is 0.390 bits per heavy atom. The Hall–Kier alpha value is -7.14. The van der Waals surface area contributed by atoms with Crippen molar-refractivity contribution >= 4 is 128 Å². The summed E-state index contributed by atoms with van der Waals surface area (Å²) in [6, 6.07) is 21.2. The summed E-state index contributed by atoms with van der Waals surface area (Å²) in [5.74, 6) is 1.37. The largest absolute Gasteiger partial charge is 0.399 e. The molecule has 2 aliphatic carbocycles. The van der Waals surface area contributed by atoms with Crippen LogP contribution in [0.4, 0.5) is 76.0 Å². The number of likely N-dealkylation sites (N-methyl/N-ethyl adjacent to an activating group) is 2. The van der Waals surface area contributed by atoms with E-state index in [0.717, 1.165) is 51.9 Å². The molecule has 12 rings (SSSR count). The summed E-state index contributed by atoms with van der Waals surface area (Å²) in [5, 5.41) is 19.3. The fourth-order valence-electron chi connectivity index (χ4n) is 11.3. The predicted octanol–water partition coefficient (Wildman–Crippen LogP) is 17.3. The number of hydrogen-bond donors (Lipinski definition) is 8. The van der Waals surface area contributed by atoms with Crippen LogP contribution in [0.15, 0.2) is 72.8 Å². The van der Waals surface area contributed by atoms with Gasteiger partial charge in [0.2, 0.25) is 67.4 Å². The van der Waals surface area contributed by atoms with Gasteiger partial charge in [0.1, 0.15) is 23.3 Å². The van der Waals surface area contributed by atoms with Crippen molar-refractivity contribution in [1.29, 1.82) is 0 Å². The van der Waals surface area contributed by atoms with E-state index in [9.17, 15) is 17.6 Å². The van der Waals surface area contributed by atoms with Crippen LogP contribution in [0.5, 0.6) is 0 Å². The first-order valence-corrected chi connectivity index (χ1v) is 35.8. The maximum Gasteiger partial charge on any atom is 0.233 e. The molecule has 10 N–H and O–H groups in total. The molecule has 4 fully saturated rings. The highest BCUT2D eigenvalue weighted by Gasteiger charge is 2.24. The second-order valence-electron chi connectivity index (χ2n) is 24.3. The van der Waals surface area contributed by atoms with Crippen molar-refractivity contribution in [1.82, 2.24) is 69.6 Å². The second-order valence-corrected chi connectivity index (χ2v) is 26.3. The fourth-order valence-corrected chi connectivity index (χ4v) is 12.4.